The average Bonchev–Trinajstić information content (AvgIpc) is 3.52. The number of aryl methyl sites for hydroxylation is 2. The highest BCUT2D eigenvalue weighted by Crippen LogP contribution is 2.26. The molecule has 7 heteroatoms. The van der Waals surface area contributed by atoms with Crippen LogP contribution in [0.4, 0.5) is 0 Å². The number of benzene rings is 3. The SMILES string of the molecule is Cc1ccc(-c2nn(-c3ccccc3)cc2/C=N/NC(=O)CSc2ccc(C)n2-c2ccccc2)cc1. The Bertz CT molecular complexity index is 1520. The van der Waals surface area contributed by atoms with Gasteiger partial charge in [-0.2, -0.15) is 10.2 Å². The summed E-state index contributed by atoms with van der Waals surface area (Å²) in [5.41, 5.74) is 9.59. The lowest BCUT2D eigenvalue weighted by Gasteiger charge is -2.11. The van der Waals surface area contributed by atoms with Crippen molar-refractivity contribution in [2.75, 3.05) is 5.75 Å². The van der Waals surface area contributed by atoms with Crippen LogP contribution < -0.4 is 5.43 Å². The molecule has 0 bridgehead atoms. The minimum Gasteiger partial charge on any atom is -0.309 e. The third kappa shape index (κ3) is 5.73. The van der Waals surface area contributed by atoms with Gasteiger partial charge in [0.05, 0.1) is 22.7 Å². The zero-order valence-electron chi connectivity index (χ0n) is 20.7. The van der Waals surface area contributed by atoms with E-state index >= 15 is 0 Å². The molecule has 0 aliphatic carbocycles. The fourth-order valence-electron chi connectivity index (χ4n) is 4.01. The molecule has 0 aliphatic rings. The van der Waals surface area contributed by atoms with E-state index in [0.717, 1.165) is 38.9 Å². The Morgan fingerprint density at radius 1 is 0.892 bits per heavy atom. The monoisotopic (exact) mass is 505 g/mol. The van der Waals surface area contributed by atoms with E-state index < -0.39 is 0 Å². The summed E-state index contributed by atoms with van der Waals surface area (Å²) in [5.74, 6) is 0.0777. The minimum absolute atomic E-state index is 0.174. The lowest BCUT2D eigenvalue weighted by molar-refractivity contribution is -0.118. The largest absolute Gasteiger partial charge is 0.309 e. The van der Waals surface area contributed by atoms with Gasteiger partial charge < -0.3 is 4.57 Å². The smallest absolute Gasteiger partial charge is 0.250 e. The first-order valence-electron chi connectivity index (χ1n) is 12.0. The number of aromatic nitrogens is 3. The van der Waals surface area contributed by atoms with E-state index in [4.69, 9.17) is 5.10 Å². The number of hydrogen-bond donors (Lipinski definition) is 1. The van der Waals surface area contributed by atoms with Crippen molar-refractivity contribution in [2.45, 2.75) is 18.9 Å². The standard InChI is InChI=1S/C30H27N5OS/c1-22-13-16-24(17-14-22)30-25(20-34(33-30)26-9-5-3-6-10-26)19-31-32-28(36)21-37-29-18-15-23(2)35(29)27-11-7-4-8-12-27/h3-20H,21H2,1-2H3,(H,32,36)/b31-19+. The van der Waals surface area contributed by atoms with Crippen molar-refractivity contribution in [1.82, 2.24) is 19.8 Å². The second-order valence-electron chi connectivity index (χ2n) is 8.64. The Morgan fingerprint density at radius 3 is 2.27 bits per heavy atom. The highest BCUT2D eigenvalue weighted by molar-refractivity contribution is 7.99. The molecule has 0 saturated heterocycles. The van der Waals surface area contributed by atoms with E-state index in [1.807, 2.05) is 77.6 Å². The molecule has 0 fully saturated rings. The third-order valence-electron chi connectivity index (χ3n) is 5.89. The Balaban J connectivity index is 1.30. The molecule has 1 amide bonds. The summed E-state index contributed by atoms with van der Waals surface area (Å²) in [6.45, 7) is 4.11. The maximum absolute atomic E-state index is 12.6. The number of rotatable bonds is 8. The molecule has 5 rings (SSSR count). The number of hydrogen-bond acceptors (Lipinski definition) is 4. The van der Waals surface area contributed by atoms with Crippen LogP contribution in [0, 0.1) is 13.8 Å². The molecule has 1 N–H and O–H groups in total. The summed E-state index contributed by atoms with van der Waals surface area (Å²) in [7, 11) is 0. The van der Waals surface area contributed by atoms with Gasteiger partial charge in [-0.05, 0) is 50.2 Å². The fourth-order valence-corrected chi connectivity index (χ4v) is 4.90. The Hall–Kier alpha value is -4.36. The van der Waals surface area contributed by atoms with Crippen molar-refractivity contribution in [1.29, 1.82) is 0 Å². The molecule has 3 aromatic carbocycles. The average molecular weight is 506 g/mol. The number of hydrazone groups is 1. The van der Waals surface area contributed by atoms with Crippen LogP contribution in [0.2, 0.25) is 0 Å². The van der Waals surface area contributed by atoms with Gasteiger partial charge in [0.25, 0.3) is 0 Å². The van der Waals surface area contributed by atoms with Crippen LogP contribution in [0.3, 0.4) is 0 Å². The lowest BCUT2D eigenvalue weighted by atomic mass is 10.1. The predicted octanol–water partition coefficient (Wildman–Crippen LogP) is 6.19. The zero-order chi connectivity index (χ0) is 25.6. The Labute approximate surface area is 220 Å². The summed E-state index contributed by atoms with van der Waals surface area (Å²) < 4.78 is 3.97. The molecule has 0 radical (unpaired) electrons. The molecule has 0 atom stereocenters. The maximum Gasteiger partial charge on any atom is 0.250 e. The van der Waals surface area contributed by atoms with Crippen LogP contribution in [0.25, 0.3) is 22.6 Å². The Kier molecular flexibility index (Phi) is 7.33. The van der Waals surface area contributed by atoms with Gasteiger partial charge >= 0.3 is 0 Å². The molecule has 2 aromatic heterocycles. The van der Waals surface area contributed by atoms with Gasteiger partial charge in [0.15, 0.2) is 0 Å². The highest BCUT2D eigenvalue weighted by Gasteiger charge is 2.12. The molecule has 0 saturated carbocycles. The van der Waals surface area contributed by atoms with Gasteiger partial charge in [-0.25, -0.2) is 10.1 Å². The van der Waals surface area contributed by atoms with Crippen molar-refractivity contribution in [3.8, 4) is 22.6 Å². The van der Waals surface area contributed by atoms with E-state index in [-0.39, 0.29) is 11.7 Å². The number of amides is 1. The van der Waals surface area contributed by atoms with Crippen molar-refractivity contribution in [3.05, 3.63) is 120 Å². The van der Waals surface area contributed by atoms with Crippen molar-refractivity contribution >= 4 is 23.9 Å². The maximum atomic E-state index is 12.6. The molecule has 0 unspecified atom stereocenters. The summed E-state index contributed by atoms with van der Waals surface area (Å²) in [5, 5.41) is 10.1. The first kappa shape index (κ1) is 24.3. The van der Waals surface area contributed by atoms with Gasteiger partial charge in [0.1, 0.15) is 5.69 Å². The molecule has 0 aliphatic heterocycles. The summed E-state index contributed by atoms with van der Waals surface area (Å²) in [6, 6.07) is 32.4. The van der Waals surface area contributed by atoms with E-state index in [0.29, 0.717) is 0 Å². The highest BCUT2D eigenvalue weighted by atomic mass is 32.2. The minimum atomic E-state index is -0.174. The third-order valence-corrected chi connectivity index (χ3v) is 6.91. The second-order valence-corrected chi connectivity index (χ2v) is 9.64. The molecule has 2 heterocycles. The Morgan fingerprint density at radius 2 is 1.57 bits per heavy atom. The number of thioether (sulfide) groups is 1. The summed E-state index contributed by atoms with van der Waals surface area (Å²) in [6.07, 6.45) is 3.57. The lowest BCUT2D eigenvalue weighted by Crippen LogP contribution is -2.19. The van der Waals surface area contributed by atoms with Gasteiger partial charge in [0, 0.05) is 28.7 Å². The number of carbonyl (C=O) groups excluding carboxylic acids is 1. The number of nitrogens with zero attached hydrogens (tertiary/aromatic N) is 4. The van der Waals surface area contributed by atoms with Crippen molar-refractivity contribution in [3.63, 3.8) is 0 Å². The molecule has 5 aromatic rings. The van der Waals surface area contributed by atoms with Gasteiger partial charge in [-0.3, -0.25) is 4.79 Å². The molecular formula is C30H27N5OS. The first-order valence-corrected chi connectivity index (χ1v) is 13.0. The normalized spacial score (nSPS) is 11.2. The number of para-hydroxylation sites is 2. The van der Waals surface area contributed by atoms with Crippen LogP contribution in [0.5, 0.6) is 0 Å². The first-order chi connectivity index (χ1) is 18.1. The van der Waals surface area contributed by atoms with Crippen LogP contribution in [-0.4, -0.2) is 32.2 Å². The van der Waals surface area contributed by atoms with Gasteiger partial charge in [-0.15, -0.1) is 0 Å². The predicted molar refractivity (Wildman–Crippen MR) is 151 cm³/mol. The van der Waals surface area contributed by atoms with Crippen molar-refractivity contribution in [2.24, 2.45) is 5.10 Å². The molecular weight excluding hydrogens is 478 g/mol. The molecule has 184 valence electrons. The zero-order valence-corrected chi connectivity index (χ0v) is 21.5. The molecule has 6 nitrogen and oxygen atoms in total. The van der Waals surface area contributed by atoms with E-state index in [1.54, 1.807) is 6.21 Å². The molecule has 37 heavy (non-hydrogen) atoms. The number of nitrogens with one attached hydrogen (secondary N) is 1. The van der Waals surface area contributed by atoms with Gasteiger partial charge in [0.2, 0.25) is 5.91 Å². The number of carbonyl (C=O) groups is 1. The molecule has 0 spiro atoms. The second kappa shape index (κ2) is 11.1. The quantitative estimate of drug-likeness (QED) is 0.155. The summed E-state index contributed by atoms with van der Waals surface area (Å²) in [4.78, 5) is 12.6. The van der Waals surface area contributed by atoms with E-state index in [1.165, 1.54) is 17.3 Å². The van der Waals surface area contributed by atoms with Crippen LogP contribution >= 0.6 is 11.8 Å². The topological polar surface area (TPSA) is 64.2 Å². The fraction of sp³-hybridized carbons (Fsp3) is 0.100. The van der Waals surface area contributed by atoms with Crippen LogP contribution in [-0.2, 0) is 4.79 Å². The van der Waals surface area contributed by atoms with E-state index in [2.05, 4.69) is 59.3 Å². The van der Waals surface area contributed by atoms with Crippen LogP contribution in [0.15, 0.2) is 113 Å². The summed E-state index contributed by atoms with van der Waals surface area (Å²) >= 11 is 1.48. The van der Waals surface area contributed by atoms with Crippen molar-refractivity contribution < 1.29 is 4.79 Å². The van der Waals surface area contributed by atoms with Gasteiger partial charge in [-0.1, -0.05) is 78.0 Å². The van der Waals surface area contributed by atoms with E-state index in [9.17, 15) is 4.79 Å². The van der Waals surface area contributed by atoms with Crippen LogP contribution in [0.1, 0.15) is 16.8 Å².